The molecule has 5 atom stereocenters. The quantitative estimate of drug-likeness (QED) is 0.0492. The van der Waals surface area contributed by atoms with Crippen LogP contribution in [0.1, 0.15) is 164 Å². The number of ketones is 4. The van der Waals surface area contributed by atoms with E-state index < -0.39 is 29.0 Å². The molecule has 18 heteroatoms. The molecule has 64 heavy (non-hydrogen) atoms. The summed E-state index contributed by atoms with van der Waals surface area (Å²) in [5.74, 6) is 1.51. The van der Waals surface area contributed by atoms with Crippen molar-refractivity contribution in [1.29, 1.82) is 0 Å². The highest BCUT2D eigenvalue weighted by molar-refractivity contribution is 8.77. The summed E-state index contributed by atoms with van der Waals surface area (Å²) in [6, 6.07) is -2.17. The lowest BCUT2D eigenvalue weighted by Gasteiger charge is -2.25. The Bertz CT molecular complexity index is 1510. The first-order chi connectivity index (χ1) is 28.2. The first kappa shape index (κ1) is 68.6. The van der Waals surface area contributed by atoms with E-state index in [1.54, 1.807) is 20.8 Å². The number of nitrogens with one attached hydrogen (secondary N) is 4. The van der Waals surface area contributed by atoms with Crippen LogP contribution < -0.4 is 21.3 Å². The van der Waals surface area contributed by atoms with Crippen molar-refractivity contribution in [3.8, 4) is 0 Å². The van der Waals surface area contributed by atoms with Gasteiger partial charge in [0.25, 0.3) is 0 Å². The van der Waals surface area contributed by atoms with E-state index in [0.29, 0.717) is 24.4 Å². The van der Waals surface area contributed by atoms with Gasteiger partial charge in [0.15, 0.2) is 17.3 Å². The van der Waals surface area contributed by atoms with E-state index in [2.05, 4.69) is 46.5 Å². The first-order valence-electron chi connectivity index (χ1n) is 21.1. The van der Waals surface area contributed by atoms with Crippen molar-refractivity contribution < 1.29 is 43.2 Å². The third-order valence-electron chi connectivity index (χ3n) is 9.08. The molecule has 0 bridgehead atoms. The number of rotatable bonds is 16. The van der Waals surface area contributed by atoms with Crippen molar-refractivity contribution in [2.75, 3.05) is 23.0 Å². The number of hydrogen-bond donors (Lipinski definition) is 6. The van der Waals surface area contributed by atoms with Crippen molar-refractivity contribution in [2.24, 2.45) is 21.7 Å². The minimum atomic E-state index is -0.746. The van der Waals surface area contributed by atoms with Crippen LogP contribution in [0.25, 0.3) is 0 Å². The van der Waals surface area contributed by atoms with Gasteiger partial charge in [0.05, 0.1) is 18.1 Å². The molecular formula is C46H86N4O9S5. The number of Topliss-reactive ketones (excluding diaryl/α,β-unsaturated/α-hetero) is 4. The van der Waals surface area contributed by atoms with E-state index >= 15 is 0 Å². The molecule has 2 heterocycles. The Morgan fingerprint density at radius 1 is 0.672 bits per heavy atom. The topological polar surface area (TPSA) is 202 Å². The summed E-state index contributed by atoms with van der Waals surface area (Å²) in [6.07, 6.45) is 6.89. The zero-order valence-electron chi connectivity index (χ0n) is 40.0. The molecule has 0 saturated carbocycles. The lowest BCUT2D eigenvalue weighted by Crippen LogP contribution is -2.47. The Morgan fingerprint density at radius 3 is 1.48 bits per heavy atom. The first-order valence-corrected chi connectivity index (χ1v) is 25.8. The molecule has 0 spiro atoms. The van der Waals surface area contributed by atoms with Crippen molar-refractivity contribution in [1.82, 2.24) is 21.3 Å². The lowest BCUT2D eigenvalue weighted by atomic mass is 9.86. The Labute approximate surface area is 410 Å². The van der Waals surface area contributed by atoms with Crippen molar-refractivity contribution >= 4 is 110 Å². The fourth-order valence-electron chi connectivity index (χ4n) is 5.53. The van der Waals surface area contributed by atoms with Crippen LogP contribution in [0.4, 0.5) is 0 Å². The standard InChI is InChI=1S/C14H24N2O4S2.C12H22OS2.C9H17NO2S.C9H15NO2.2CH4/c1-8(17)15-10(6-21)13(20)22-7-11(16-9(2)18)12(19)14(3,4)5;1-12(2,3)11(13)7-5-4-6-10-8-9-14-15-10;1-6(11)10-7(5-13)8(12)9(2,3)4;1-9(2,3)8(12)6-4-5-7(11)10-6;;/h10-11,21H,6-7H2,1-5H3,(H,15,17)(H,16,18);10H,4-9H2,1-3H3;7,13H,5H2,1-4H3,(H,10,11);6H,4-5H2,1-3H3,(H,10,11);2*1H4. The summed E-state index contributed by atoms with van der Waals surface area (Å²) in [5.41, 5.74) is -1.55. The highest BCUT2D eigenvalue weighted by Gasteiger charge is 2.34. The number of carbonyl (C=O) groups is 9. The number of carbonyl (C=O) groups excluding carboxylic acids is 9. The smallest absolute Gasteiger partial charge is 0.220 e. The highest BCUT2D eigenvalue weighted by atomic mass is 33.1. The normalized spacial score (nSPS) is 17.2. The van der Waals surface area contributed by atoms with Gasteiger partial charge in [-0.1, -0.05) is 138 Å². The molecule has 2 aliphatic rings. The van der Waals surface area contributed by atoms with E-state index in [4.69, 9.17) is 0 Å². The van der Waals surface area contributed by atoms with Crippen LogP contribution in [0.3, 0.4) is 0 Å². The molecule has 0 aromatic heterocycles. The van der Waals surface area contributed by atoms with E-state index in [-0.39, 0.29) is 89.3 Å². The van der Waals surface area contributed by atoms with Crippen LogP contribution in [0.15, 0.2) is 0 Å². The molecule has 0 aliphatic carbocycles. The number of thioether (sulfide) groups is 1. The number of hydrogen-bond acceptors (Lipinski definition) is 14. The summed E-state index contributed by atoms with van der Waals surface area (Å²) < 4.78 is 0. The predicted octanol–water partition coefficient (Wildman–Crippen LogP) is 8.30. The fourth-order valence-corrected chi connectivity index (χ4v) is 10.1. The molecule has 5 unspecified atom stereocenters. The molecule has 0 aromatic carbocycles. The molecule has 4 amide bonds. The lowest BCUT2D eigenvalue weighted by molar-refractivity contribution is -0.131. The minimum Gasteiger partial charge on any atom is -0.346 e. The second kappa shape index (κ2) is 32.6. The van der Waals surface area contributed by atoms with Crippen molar-refractivity contribution in [3.05, 3.63) is 0 Å². The summed E-state index contributed by atoms with van der Waals surface area (Å²) in [5, 5.41) is 10.9. The fraction of sp³-hybridized carbons (Fsp3) is 0.804. The molecule has 2 saturated heterocycles. The van der Waals surface area contributed by atoms with Gasteiger partial charge in [-0.15, -0.1) is 0 Å². The van der Waals surface area contributed by atoms with E-state index in [0.717, 1.165) is 29.9 Å². The largest absolute Gasteiger partial charge is 0.346 e. The maximum Gasteiger partial charge on any atom is 0.220 e. The molecule has 0 aromatic rings. The Kier molecular flexibility index (Phi) is 35.0. The predicted molar refractivity (Wildman–Crippen MR) is 277 cm³/mol. The van der Waals surface area contributed by atoms with Gasteiger partial charge in [0.1, 0.15) is 11.8 Å². The van der Waals surface area contributed by atoms with Crippen LogP contribution >= 0.6 is 58.6 Å². The minimum absolute atomic E-state index is 0. The molecule has 2 rings (SSSR count). The van der Waals surface area contributed by atoms with Gasteiger partial charge in [-0.3, -0.25) is 43.2 Å². The number of unbranched alkanes of at least 4 members (excludes halogenated alkanes) is 1. The van der Waals surface area contributed by atoms with E-state index in [9.17, 15) is 43.2 Å². The second-order valence-electron chi connectivity index (χ2n) is 19.5. The zero-order chi connectivity index (χ0) is 48.8. The highest BCUT2D eigenvalue weighted by Crippen LogP contribution is 2.40. The van der Waals surface area contributed by atoms with E-state index in [1.165, 1.54) is 45.8 Å². The van der Waals surface area contributed by atoms with Crippen LogP contribution in [0, 0.1) is 21.7 Å². The van der Waals surface area contributed by atoms with Gasteiger partial charge in [0.2, 0.25) is 28.7 Å². The van der Waals surface area contributed by atoms with Crippen molar-refractivity contribution in [2.45, 2.75) is 193 Å². The van der Waals surface area contributed by atoms with Gasteiger partial charge in [-0.2, -0.15) is 25.3 Å². The molecular weight excluding hydrogens is 913 g/mol. The van der Waals surface area contributed by atoms with Crippen LogP contribution in [-0.4, -0.2) is 104 Å². The van der Waals surface area contributed by atoms with Crippen LogP contribution in [0.5, 0.6) is 0 Å². The molecule has 2 aliphatic heterocycles. The summed E-state index contributed by atoms with van der Waals surface area (Å²) >= 11 is 8.96. The maximum atomic E-state index is 12.3. The van der Waals surface area contributed by atoms with E-state index in [1.807, 2.05) is 83.9 Å². The average Bonchev–Trinajstić information content (AvgIpc) is 3.82. The molecule has 2 fully saturated rings. The Morgan fingerprint density at radius 2 is 1.12 bits per heavy atom. The molecule has 13 nitrogen and oxygen atoms in total. The number of amides is 4. The van der Waals surface area contributed by atoms with Crippen LogP contribution in [-0.2, 0) is 43.2 Å². The maximum absolute atomic E-state index is 12.3. The third kappa shape index (κ3) is 31.0. The monoisotopic (exact) mass is 998 g/mol. The average molecular weight is 1000 g/mol. The zero-order valence-corrected chi connectivity index (χ0v) is 44.2. The summed E-state index contributed by atoms with van der Waals surface area (Å²) in [6.45, 7) is 26.4. The van der Waals surface area contributed by atoms with Gasteiger partial charge < -0.3 is 21.3 Å². The Hall–Kier alpha value is -2.02. The number of thiol groups is 2. The molecule has 0 radical (unpaired) electrons. The van der Waals surface area contributed by atoms with Gasteiger partial charge in [-0.05, 0) is 25.7 Å². The Balaban J connectivity index is -0.000000382. The van der Waals surface area contributed by atoms with Gasteiger partial charge in [0, 0.05) is 83.5 Å². The SMILES string of the molecule is C.C.CC(=O)NC(CS)C(=O)C(C)(C)C.CC(=O)NC(CS)C(=O)SCC(NC(C)=O)C(=O)C(C)(C)C.CC(C)(C)C(=O)C1CCC(=O)N1.CC(C)(C)C(=O)CCCCC1CCSS1. The van der Waals surface area contributed by atoms with Gasteiger partial charge >= 0.3 is 0 Å². The van der Waals surface area contributed by atoms with Gasteiger partial charge in [-0.25, -0.2) is 0 Å². The third-order valence-corrected chi connectivity index (χ3v) is 13.9. The summed E-state index contributed by atoms with van der Waals surface area (Å²) in [4.78, 5) is 103. The van der Waals surface area contributed by atoms with Crippen LogP contribution in [0.2, 0.25) is 0 Å². The molecule has 374 valence electrons. The summed E-state index contributed by atoms with van der Waals surface area (Å²) in [7, 11) is 4.04. The van der Waals surface area contributed by atoms with Crippen molar-refractivity contribution in [3.63, 3.8) is 0 Å². The second-order valence-corrected chi connectivity index (χ2v) is 24.0. The molecule has 4 N–H and O–H groups in total.